The van der Waals surface area contributed by atoms with Crippen LogP contribution in [0.15, 0.2) is 11.2 Å². The Balaban J connectivity index is 2.20. The fourth-order valence-corrected chi connectivity index (χ4v) is 3.82. The highest BCUT2D eigenvalue weighted by atomic mass is 32.1. The van der Waals surface area contributed by atoms with Gasteiger partial charge in [0, 0.05) is 4.88 Å². The van der Waals surface area contributed by atoms with E-state index in [-0.39, 0.29) is 11.7 Å². The van der Waals surface area contributed by atoms with Gasteiger partial charge in [-0.2, -0.15) is 0 Å². The molecule has 0 fully saturated rings. The number of carbonyl (C=O) groups excluding carboxylic acids is 1. The molecule has 6 heteroatoms. The average Bonchev–Trinajstić information content (AvgIpc) is 3.05. The van der Waals surface area contributed by atoms with Crippen molar-refractivity contribution >= 4 is 23.1 Å². The van der Waals surface area contributed by atoms with Crippen LogP contribution < -0.4 is 11.1 Å². The normalized spacial score (nSPS) is 15.2. The van der Waals surface area contributed by atoms with E-state index in [1.807, 2.05) is 19.9 Å². The molecule has 1 aliphatic rings. The van der Waals surface area contributed by atoms with Gasteiger partial charge in [-0.1, -0.05) is 19.0 Å². The van der Waals surface area contributed by atoms with Crippen molar-refractivity contribution in [2.24, 2.45) is 10.9 Å². The Kier molecular flexibility index (Phi) is 4.32. The predicted octanol–water partition coefficient (Wildman–Crippen LogP) is 2.27. The van der Waals surface area contributed by atoms with Crippen LogP contribution >= 0.6 is 11.3 Å². The van der Waals surface area contributed by atoms with Gasteiger partial charge in [0.25, 0.3) is 5.91 Å². The van der Waals surface area contributed by atoms with Gasteiger partial charge in [-0.25, -0.2) is 0 Å². The molecule has 0 atom stereocenters. The van der Waals surface area contributed by atoms with Crippen LogP contribution in [0.4, 0.5) is 0 Å². The lowest BCUT2D eigenvalue weighted by Gasteiger charge is -2.31. The summed E-state index contributed by atoms with van der Waals surface area (Å²) in [6, 6.07) is 1.98. The Morgan fingerprint density at radius 3 is 2.75 bits per heavy atom. The maximum absolute atomic E-state index is 12.4. The minimum Gasteiger partial charge on any atom is -0.409 e. The second-order valence-corrected chi connectivity index (χ2v) is 6.28. The van der Waals surface area contributed by atoms with Gasteiger partial charge in [0.2, 0.25) is 0 Å². The number of nitrogens with two attached hydrogens (primary N) is 1. The molecule has 1 aromatic rings. The van der Waals surface area contributed by atoms with Crippen LogP contribution in [-0.4, -0.2) is 22.5 Å². The number of thiophene rings is 1. The highest BCUT2D eigenvalue weighted by Crippen LogP contribution is 2.31. The summed E-state index contributed by atoms with van der Waals surface area (Å²) in [5, 5.41) is 14.9. The van der Waals surface area contributed by atoms with Gasteiger partial charge in [0.15, 0.2) is 5.84 Å². The zero-order chi connectivity index (χ0) is 14.8. The molecule has 0 saturated carbocycles. The molecule has 110 valence electrons. The number of fused-ring (bicyclic) bond motifs is 1. The number of nitrogens with zero attached hydrogens (tertiary/aromatic N) is 1. The standard InChI is InChI=1S/C14H21N3O2S/c1-3-14(4-2,13(15)17-19)16-12(18)11-8-9-6-5-7-10(9)20-11/h8,19H,3-7H2,1-2H3,(H2,15,17)(H,16,18). The van der Waals surface area contributed by atoms with Crippen LogP contribution in [-0.2, 0) is 12.8 Å². The minimum atomic E-state index is -0.778. The van der Waals surface area contributed by atoms with Crippen molar-refractivity contribution in [1.82, 2.24) is 5.32 Å². The van der Waals surface area contributed by atoms with Crippen molar-refractivity contribution in [2.75, 3.05) is 0 Å². The number of nitrogens with one attached hydrogen (secondary N) is 1. The third-order valence-corrected chi connectivity index (χ3v) is 5.36. The number of carbonyl (C=O) groups is 1. The van der Waals surface area contributed by atoms with Gasteiger partial charge >= 0.3 is 0 Å². The van der Waals surface area contributed by atoms with Crippen molar-refractivity contribution in [3.05, 3.63) is 21.4 Å². The predicted molar refractivity (Wildman–Crippen MR) is 80.5 cm³/mol. The van der Waals surface area contributed by atoms with Gasteiger partial charge in [-0.05, 0) is 43.7 Å². The van der Waals surface area contributed by atoms with Crippen molar-refractivity contribution in [3.63, 3.8) is 0 Å². The van der Waals surface area contributed by atoms with Crippen LogP contribution in [0.5, 0.6) is 0 Å². The molecule has 20 heavy (non-hydrogen) atoms. The highest BCUT2D eigenvalue weighted by molar-refractivity contribution is 7.14. The van der Waals surface area contributed by atoms with Crippen molar-refractivity contribution < 1.29 is 10.0 Å². The molecule has 0 aliphatic heterocycles. The summed E-state index contributed by atoms with van der Waals surface area (Å²) in [6.07, 6.45) is 4.47. The third-order valence-electron chi connectivity index (χ3n) is 4.13. The molecular weight excluding hydrogens is 274 g/mol. The van der Waals surface area contributed by atoms with E-state index in [1.54, 1.807) is 11.3 Å². The van der Waals surface area contributed by atoms with Crippen LogP contribution in [0.3, 0.4) is 0 Å². The second kappa shape index (κ2) is 5.83. The third kappa shape index (κ3) is 2.52. The minimum absolute atomic E-state index is 0.0555. The first-order valence-corrected chi connectivity index (χ1v) is 7.80. The van der Waals surface area contributed by atoms with E-state index in [0.717, 1.165) is 12.8 Å². The lowest BCUT2D eigenvalue weighted by atomic mass is 9.91. The van der Waals surface area contributed by atoms with E-state index in [0.29, 0.717) is 17.7 Å². The van der Waals surface area contributed by atoms with E-state index < -0.39 is 5.54 Å². The molecule has 0 aromatic carbocycles. The number of amidine groups is 1. The smallest absolute Gasteiger partial charge is 0.262 e. The maximum Gasteiger partial charge on any atom is 0.262 e. The molecule has 1 heterocycles. The van der Waals surface area contributed by atoms with Crippen LogP contribution in [0.2, 0.25) is 0 Å². The van der Waals surface area contributed by atoms with Gasteiger partial charge < -0.3 is 16.3 Å². The van der Waals surface area contributed by atoms with Gasteiger partial charge in [0.1, 0.15) is 5.54 Å². The van der Waals surface area contributed by atoms with E-state index >= 15 is 0 Å². The summed E-state index contributed by atoms with van der Waals surface area (Å²) in [4.78, 5) is 14.4. The quantitative estimate of drug-likeness (QED) is 0.337. The van der Waals surface area contributed by atoms with Crippen LogP contribution in [0.1, 0.15) is 53.2 Å². The average molecular weight is 295 g/mol. The Hall–Kier alpha value is -1.56. The molecule has 0 radical (unpaired) electrons. The monoisotopic (exact) mass is 295 g/mol. The number of hydrogen-bond donors (Lipinski definition) is 3. The SMILES string of the molecule is CCC(CC)(NC(=O)c1cc2c(s1)CCC2)/C(N)=N/O. The van der Waals surface area contributed by atoms with Crippen LogP contribution in [0.25, 0.3) is 0 Å². The maximum atomic E-state index is 12.4. The molecule has 1 aliphatic carbocycles. The first-order chi connectivity index (χ1) is 9.56. The Labute approximate surface area is 122 Å². The lowest BCUT2D eigenvalue weighted by Crippen LogP contribution is -2.56. The lowest BCUT2D eigenvalue weighted by molar-refractivity contribution is 0.0922. The highest BCUT2D eigenvalue weighted by Gasteiger charge is 2.34. The molecular formula is C14H21N3O2S. The molecule has 4 N–H and O–H groups in total. The van der Waals surface area contributed by atoms with Crippen molar-refractivity contribution in [3.8, 4) is 0 Å². The number of hydrogen-bond acceptors (Lipinski definition) is 4. The topological polar surface area (TPSA) is 87.7 Å². The molecule has 0 unspecified atom stereocenters. The fraction of sp³-hybridized carbons (Fsp3) is 0.571. The molecule has 5 nitrogen and oxygen atoms in total. The number of rotatable bonds is 5. The molecule has 0 spiro atoms. The summed E-state index contributed by atoms with van der Waals surface area (Å²) in [6.45, 7) is 3.83. The molecule has 0 saturated heterocycles. The summed E-state index contributed by atoms with van der Waals surface area (Å²) in [5.41, 5.74) is 6.28. The van der Waals surface area contributed by atoms with Gasteiger partial charge in [0.05, 0.1) is 4.88 Å². The fourth-order valence-electron chi connectivity index (χ4n) is 2.67. The number of aryl methyl sites for hydroxylation is 2. The van der Waals surface area contributed by atoms with Crippen molar-refractivity contribution in [1.29, 1.82) is 0 Å². The van der Waals surface area contributed by atoms with E-state index in [9.17, 15) is 4.79 Å². The van der Waals surface area contributed by atoms with E-state index in [1.165, 1.54) is 16.9 Å². The Bertz CT molecular complexity index is 511. The van der Waals surface area contributed by atoms with E-state index in [2.05, 4.69) is 10.5 Å². The molecule has 0 bridgehead atoms. The molecule has 1 aromatic heterocycles. The molecule has 2 rings (SSSR count). The summed E-state index contributed by atoms with van der Waals surface area (Å²) in [5.74, 6) is -0.0837. The zero-order valence-electron chi connectivity index (χ0n) is 11.9. The van der Waals surface area contributed by atoms with Crippen LogP contribution in [0, 0.1) is 0 Å². The summed E-state index contributed by atoms with van der Waals surface area (Å²) < 4.78 is 0. The summed E-state index contributed by atoms with van der Waals surface area (Å²) >= 11 is 1.56. The second-order valence-electron chi connectivity index (χ2n) is 5.14. The number of amides is 1. The first kappa shape index (κ1) is 14.8. The van der Waals surface area contributed by atoms with Gasteiger partial charge in [-0.15, -0.1) is 11.3 Å². The summed E-state index contributed by atoms with van der Waals surface area (Å²) in [7, 11) is 0. The Morgan fingerprint density at radius 2 is 2.20 bits per heavy atom. The van der Waals surface area contributed by atoms with Gasteiger partial charge in [-0.3, -0.25) is 4.79 Å². The Morgan fingerprint density at radius 1 is 1.50 bits per heavy atom. The van der Waals surface area contributed by atoms with E-state index in [4.69, 9.17) is 10.9 Å². The first-order valence-electron chi connectivity index (χ1n) is 6.98. The zero-order valence-corrected chi connectivity index (χ0v) is 12.7. The van der Waals surface area contributed by atoms with Crippen molar-refractivity contribution in [2.45, 2.75) is 51.5 Å². The molecule has 1 amide bonds. The number of oxime groups is 1. The largest absolute Gasteiger partial charge is 0.409 e.